The number of halogens is 1. The summed E-state index contributed by atoms with van der Waals surface area (Å²) in [5, 5.41) is 0. The van der Waals surface area contributed by atoms with Gasteiger partial charge in [0.2, 0.25) is 0 Å². The average Bonchev–Trinajstić information content (AvgIpc) is 2.55. The van der Waals surface area contributed by atoms with Gasteiger partial charge in [0.25, 0.3) is 0 Å². The zero-order chi connectivity index (χ0) is 16.4. The van der Waals surface area contributed by atoms with Crippen molar-refractivity contribution in [1.82, 2.24) is 0 Å². The summed E-state index contributed by atoms with van der Waals surface area (Å²) in [6.45, 7) is 5.70. The van der Waals surface area contributed by atoms with Gasteiger partial charge in [-0.2, -0.15) is 0 Å². The lowest BCUT2D eigenvalue weighted by atomic mass is 9.93. The van der Waals surface area contributed by atoms with Gasteiger partial charge in [-0.3, -0.25) is 0 Å². The number of nitrogen functional groups attached to an aromatic ring is 1. The molecule has 0 fully saturated rings. The van der Waals surface area contributed by atoms with Crippen molar-refractivity contribution in [2.24, 2.45) is 0 Å². The van der Waals surface area contributed by atoms with Crippen LogP contribution in [0, 0.1) is 5.82 Å². The van der Waals surface area contributed by atoms with Gasteiger partial charge in [-0.15, -0.1) is 0 Å². The first-order valence-corrected chi connectivity index (χ1v) is 8.13. The minimum absolute atomic E-state index is 0.208. The van der Waals surface area contributed by atoms with E-state index >= 15 is 0 Å². The Kier molecular flexibility index (Phi) is 4.16. The van der Waals surface area contributed by atoms with Crippen molar-refractivity contribution in [2.45, 2.75) is 38.8 Å². The summed E-state index contributed by atoms with van der Waals surface area (Å²) < 4.78 is 19.8. The van der Waals surface area contributed by atoms with Crippen molar-refractivity contribution >= 4 is 11.4 Å². The molecule has 0 aromatic heterocycles. The van der Waals surface area contributed by atoms with E-state index in [1.54, 1.807) is 12.1 Å². The van der Waals surface area contributed by atoms with Crippen molar-refractivity contribution in [2.75, 3.05) is 17.2 Å². The molecule has 2 N–H and O–H groups in total. The zero-order valence-corrected chi connectivity index (χ0v) is 13.7. The van der Waals surface area contributed by atoms with Crippen molar-refractivity contribution < 1.29 is 9.13 Å². The first kappa shape index (κ1) is 15.7. The normalized spacial score (nSPS) is 15.9. The van der Waals surface area contributed by atoms with E-state index in [1.165, 1.54) is 6.07 Å². The SMILES string of the molecule is CCC1(CC)CN(Cc2cccc(F)c2)c2cc(N)ccc2O1. The number of benzene rings is 2. The lowest BCUT2D eigenvalue weighted by Crippen LogP contribution is -2.50. The third-order valence-corrected chi connectivity index (χ3v) is 4.68. The molecule has 23 heavy (non-hydrogen) atoms. The predicted molar refractivity (Wildman–Crippen MR) is 92.2 cm³/mol. The molecule has 0 radical (unpaired) electrons. The van der Waals surface area contributed by atoms with Crippen molar-refractivity contribution in [3.8, 4) is 5.75 Å². The Balaban J connectivity index is 1.98. The molecular formula is C19H23FN2O. The lowest BCUT2D eigenvalue weighted by molar-refractivity contribution is 0.0570. The Bertz CT molecular complexity index is 698. The van der Waals surface area contributed by atoms with E-state index in [1.807, 2.05) is 24.3 Å². The van der Waals surface area contributed by atoms with Gasteiger partial charge in [-0.1, -0.05) is 26.0 Å². The van der Waals surface area contributed by atoms with E-state index in [-0.39, 0.29) is 11.4 Å². The minimum atomic E-state index is -0.212. The fourth-order valence-corrected chi connectivity index (χ4v) is 3.18. The van der Waals surface area contributed by atoms with Gasteiger partial charge in [-0.05, 0) is 48.7 Å². The molecular weight excluding hydrogens is 291 g/mol. The Labute approximate surface area is 136 Å². The number of anilines is 2. The minimum Gasteiger partial charge on any atom is -0.483 e. The van der Waals surface area contributed by atoms with Crippen LogP contribution in [0.5, 0.6) is 5.75 Å². The maximum Gasteiger partial charge on any atom is 0.143 e. The van der Waals surface area contributed by atoms with Crippen LogP contribution in [0.15, 0.2) is 42.5 Å². The van der Waals surface area contributed by atoms with E-state index < -0.39 is 0 Å². The van der Waals surface area contributed by atoms with Crippen LogP contribution in [0.25, 0.3) is 0 Å². The largest absolute Gasteiger partial charge is 0.483 e. The Hall–Kier alpha value is -2.23. The molecule has 3 nitrogen and oxygen atoms in total. The molecule has 0 saturated carbocycles. The molecule has 0 unspecified atom stereocenters. The van der Waals surface area contributed by atoms with Crippen molar-refractivity contribution in [3.05, 3.63) is 53.8 Å². The molecule has 0 saturated heterocycles. The van der Waals surface area contributed by atoms with E-state index in [2.05, 4.69) is 18.7 Å². The van der Waals surface area contributed by atoms with Crippen LogP contribution in [0.4, 0.5) is 15.8 Å². The van der Waals surface area contributed by atoms with Crippen LogP contribution in [0.3, 0.4) is 0 Å². The van der Waals surface area contributed by atoms with E-state index in [9.17, 15) is 4.39 Å². The quantitative estimate of drug-likeness (QED) is 0.852. The predicted octanol–water partition coefficient (Wildman–Crippen LogP) is 4.37. The topological polar surface area (TPSA) is 38.5 Å². The van der Waals surface area contributed by atoms with Gasteiger partial charge in [0.1, 0.15) is 17.2 Å². The van der Waals surface area contributed by atoms with Gasteiger partial charge in [0.05, 0.1) is 12.2 Å². The first-order valence-electron chi connectivity index (χ1n) is 8.13. The summed E-state index contributed by atoms with van der Waals surface area (Å²) in [5.74, 6) is 0.645. The van der Waals surface area contributed by atoms with Gasteiger partial charge in [0, 0.05) is 12.2 Å². The molecule has 0 spiro atoms. The van der Waals surface area contributed by atoms with Crippen molar-refractivity contribution in [3.63, 3.8) is 0 Å². The maximum atomic E-state index is 13.5. The van der Waals surface area contributed by atoms with E-state index in [0.717, 1.165) is 36.4 Å². The second-order valence-electron chi connectivity index (χ2n) is 6.21. The van der Waals surface area contributed by atoms with Crippen LogP contribution in [-0.4, -0.2) is 12.1 Å². The van der Waals surface area contributed by atoms with Gasteiger partial charge >= 0.3 is 0 Å². The summed E-state index contributed by atoms with van der Waals surface area (Å²) >= 11 is 0. The number of nitrogens with zero attached hydrogens (tertiary/aromatic N) is 1. The number of fused-ring (bicyclic) bond motifs is 1. The highest BCUT2D eigenvalue weighted by Crippen LogP contribution is 2.41. The Morgan fingerprint density at radius 2 is 1.96 bits per heavy atom. The fourth-order valence-electron chi connectivity index (χ4n) is 3.18. The van der Waals surface area contributed by atoms with E-state index in [4.69, 9.17) is 10.5 Å². The van der Waals surface area contributed by atoms with Crippen LogP contribution in [-0.2, 0) is 6.54 Å². The number of nitrogens with two attached hydrogens (primary N) is 1. The second-order valence-corrected chi connectivity index (χ2v) is 6.21. The molecule has 122 valence electrons. The summed E-state index contributed by atoms with van der Waals surface area (Å²) in [5.41, 5.74) is 8.37. The van der Waals surface area contributed by atoms with Crippen LogP contribution in [0.1, 0.15) is 32.3 Å². The van der Waals surface area contributed by atoms with Gasteiger partial charge in [-0.25, -0.2) is 4.39 Å². The van der Waals surface area contributed by atoms with Gasteiger partial charge < -0.3 is 15.4 Å². The van der Waals surface area contributed by atoms with E-state index in [0.29, 0.717) is 12.2 Å². The third kappa shape index (κ3) is 3.11. The lowest BCUT2D eigenvalue weighted by Gasteiger charge is -2.44. The summed E-state index contributed by atoms with van der Waals surface area (Å²) in [6, 6.07) is 12.5. The zero-order valence-electron chi connectivity index (χ0n) is 13.7. The Morgan fingerprint density at radius 1 is 1.17 bits per heavy atom. The molecule has 1 aliphatic heterocycles. The summed E-state index contributed by atoms with van der Waals surface area (Å²) in [6.07, 6.45) is 1.85. The number of hydrogen-bond donors (Lipinski definition) is 1. The van der Waals surface area contributed by atoms with Crippen LogP contribution in [0.2, 0.25) is 0 Å². The molecule has 0 aliphatic carbocycles. The second kappa shape index (κ2) is 6.11. The molecule has 1 heterocycles. The first-order chi connectivity index (χ1) is 11.0. The fraction of sp³-hybridized carbons (Fsp3) is 0.368. The molecule has 0 atom stereocenters. The molecule has 2 aromatic carbocycles. The molecule has 0 bridgehead atoms. The Morgan fingerprint density at radius 3 is 2.65 bits per heavy atom. The molecule has 0 amide bonds. The smallest absolute Gasteiger partial charge is 0.143 e. The van der Waals surface area contributed by atoms with Crippen LogP contribution < -0.4 is 15.4 Å². The number of hydrogen-bond acceptors (Lipinski definition) is 3. The maximum absolute atomic E-state index is 13.5. The standard InChI is InChI=1S/C19H23FN2O/c1-3-19(4-2)13-22(12-14-6-5-7-15(20)10-14)17-11-16(21)8-9-18(17)23-19/h5-11H,3-4,12-13,21H2,1-2H3. The molecule has 4 heteroatoms. The molecule has 3 rings (SSSR count). The van der Waals surface area contributed by atoms with Gasteiger partial charge in [0.15, 0.2) is 0 Å². The monoisotopic (exact) mass is 314 g/mol. The number of rotatable bonds is 4. The molecule has 1 aliphatic rings. The summed E-state index contributed by atoms with van der Waals surface area (Å²) in [7, 11) is 0. The highest BCUT2D eigenvalue weighted by molar-refractivity contribution is 5.66. The average molecular weight is 314 g/mol. The third-order valence-electron chi connectivity index (χ3n) is 4.68. The number of ether oxygens (including phenoxy) is 1. The van der Waals surface area contributed by atoms with Crippen LogP contribution >= 0.6 is 0 Å². The highest BCUT2D eigenvalue weighted by atomic mass is 19.1. The molecule has 2 aromatic rings. The van der Waals surface area contributed by atoms with Crippen molar-refractivity contribution in [1.29, 1.82) is 0 Å². The highest BCUT2D eigenvalue weighted by Gasteiger charge is 2.37. The summed E-state index contributed by atoms with van der Waals surface area (Å²) in [4.78, 5) is 2.25.